The molecular formula is C25H19FN6O3. The van der Waals surface area contributed by atoms with Gasteiger partial charge in [-0.1, -0.05) is 18.2 Å². The van der Waals surface area contributed by atoms with E-state index < -0.39 is 16.4 Å². The standard InChI is InChI=1S/C25H19FN6O3/c1-14-12-17(26)20(32(33)34)13-19(14)30-25-28-8-7-18(29-25)21-16-6-2-4-15-5-3-10-31(22(15)16)23(21)24-27-9-11-35-24/h2,4,6-9,11-13H,3,5,10H2,1H3,(H,28,29,30). The van der Waals surface area contributed by atoms with Gasteiger partial charge in [0, 0.05) is 29.8 Å². The average Bonchev–Trinajstić information content (AvgIpc) is 3.48. The fourth-order valence-electron chi connectivity index (χ4n) is 4.78. The average molecular weight is 470 g/mol. The maximum absolute atomic E-state index is 14.0. The summed E-state index contributed by atoms with van der Waals surface area (Å²) in [4.78, 5) is 23.9. The zero-order valence-electron chi connectivity index (χ0n) is 18.7. The molecule has 0 amide bonds. The summed E-state index contributed by atoms with van der Waals surface area (Å²) in [5.41, 5.74) is 4.99. The van der Waals surface area contributed by atoms with Crippen molar-refractivity contribution >= 4 is 28.2 Å². The van der Waals surface area contributed by atoms with Crippen molar-refractivity contribution in [3.8, 4) is 22.8 Å². The number of oxazole rings is 1. The second kappa shape index (κ2) is 8.01. The van der Waals surface area contributed by atoms with Crippen molar-refractivity contribution in [3.05, 3.63) is 82.1 Å². The Balaban J connectivity index is 1.51. The summed E-state index contributed by atoms with van der Waals surface area (Å²) in [5, 5.41) is 15.3. The lowest BCUT2D eigenvalue weighted by Gasteiger charge is -2.16. The topological polar surface area (TPSA) is 112 Å². The minimum Gasteiger partial charge on any atom is -0.443 e. The molecule has 35 heavy (non-hydrogen) atoms. The highest BCUT2D eigenvalue weighted by molar-refractivity contribution is 6.04. The van der Waals surface area contributed by atoms with Gasteiger partial charge in [-0.2, -0.15) is 4.39 Å². The Labute approximate surface area is 198 Å². The third-order valence-corrected chi connectivity index (χ3v) is 6.28. The third-order valence-electron chi connectivity index (χ3n) is 6.28. The number of halogens is 1. The van der Waals surface area contributed by atoms with E-state index in [1.54, 1.807) is 31.6 Å². The van der Waals surface area contributed by atoms with Crippen LogP contribution in [0, 0.1) is 22.9 Å². The Bertz CT molecular complexity index is 1610. The van der Waals surface area contributed by atoms with Gasteiger partial charge in [-0.05, 0) is 43.0 Å². The molecule has 0 bridgehead atoms. The quantitative estimate of drug-likeness (QED) is 0.255. The smallest absolute Gasteiger partial charge is 0.306 e. The molecule has 0 atom stereocenters. The van der Waals surface area contributed by atoms with Gasteiger partial charge in [-0.3, -0.25) is 10.1 Å². The van der Waals surface area contributed by atoms with Crippen LogP contribution >= 0.6 is 0 Å². The number of benzene rings is 2. The second-order valence-electron chi connectivity index (χ2n) is 8.40. The van der Waals surface area contributed by atoms with Crippen molar-refractivity contribution < 1.29 is 13.7 Å². The molecule has 0 radical (unpaired) electrons. The molecule has 10 heteroatoms. The van der Waals surface area contributed by atoms with Crippen molar-refractivity contribution in [2.45, 2.75) is 26.3 Å². The molecule has 6 rings (SSSR count). The van der Waals surface area contributed by atoms with Gasteiger partial charge in [0.05, 0.1) is 28.0 Å². The van der Waals surface area contributed by atoms with Gasteiger partial charge in [0.25, 0.3) is 0 Å². The van der Waals surface area contributed by atoms with E-state index >= 15 is 0 Å². The van der Waals surface area contributed by atoms with Crippen LogP contribution in [0.3, 0.4) is 0 Å². The molecule has 1 aliphatic rings. The summed E-state index contributed by atoms with van der Waals surface area (Å²) < 4.78 is 21.9. The third kappa shape index (κ3) is 3.41. The fraction of sp³-hybridized carbons (Fsp3) is 0.160. The number of para-hydroxylation sites is 1. The van der Waals surface area contributed by atoms with Gasteiger partial charge < -0.3 is 14.3 Å². The lowest BCUT2D eigenvalue weighted by atomic mass is 10.0. The van der Waals surface area contributed by atoms with Crippen LogP contribution in [0.5, 0.6) is 0 Å². The van der Waals surface area contributed by atoms with Crippen molar-refractivity contribution in [3.63, 3.8) is 0 Å². The lowest BCUT2D eigenvalue weighted by molar-refractivity contribution is -0.387. The number of anilines is 2. The molecule has 0 saturated heterocycles. The van der Waals surface area contributed by atoms with Crippen molar-refractivity contribution in [1.82, 2.24) is 19.5 Å². The Kier molecular flexibility index (Phi) is 4.80. The van der Waals surface area contributed by atoms with Crippen molar-refractivity contribution in [2.75, 3.05) is 5.32 Å². The van der Waals surface area contributed by atoms with E-state index in [1.165, 1.54) is 5.56 Å². The minimum absolute atomic E-state index is 0.233. The number of nitro benzene ring substituents is 1. The number of aryl methyl sites for hydroxylation is 3. The molecule has 174 valence electrons. The van der Waals surface area contributed by atoms with E-state index in [0.717, 1.165) is 53.7 Å². The van der Waals surface area contributed by atoms with E-state index in [4.69, 9.17) is 9.40 Å². The first-order valence-corrected chi connectivity index (χ1v) is 11.1. The predicted molar refractivity (Wildman–Crippen MR) is 128 cm³/mol. The summed E-state index contributed by atoms with van der Waals surface area (Å²) in [5.74, 6) is -0.156. The molecule has 0 fully saturated rings. The molecule has 5 aromatic rings. The molecule has 9 nitrogen and oxygen atoms in total. The Morgan fingerprint density at radius 2 is 2.09 bits per heavy atom. The Hall–Kier alpha value is -4.60. The number of nitrogens with zero attached hydrogens (tertiary/aromatic N) is 5. The first kappa shape index (κ1) is 21.0. The van der Waals surface area contributed by atoms with Crippen LogP contribution in [0.1, 0.15) is 17.5 Å². The SMILES string of the molecule is Cc1cc(F)c([N+](=O)[O-])cc1Nc1nccc(-c2c(-c3ncco3)n3c4c(cccc24)CCC3)n1. The van der Waals surface area contributed by atoms with Crippen molar-refractivity contribution in [1.29, 1.82) is 0 Å². The highest BCUT2D eigenvalue weighted by Crippen LogP contribution is 2.43. The van der Waals surface area contributed by atoms with Crippen molar-refractivity contribution in [2.24, 2.45) is 0 Å². The van der Waals surface area contributed by atoms with Crippen LogP contribution in [0.25, 0.3) is 33.7 Å². The molecule has 0 saturated carbocycles. The molecule has 1 N–H and O–H groups in total. The van der Waals surface area contributed by atoms with E-state index in [1.807, 2.05) is 6.07 Å². The number of nitrogens with one attached hydrogen (secondary N) is 1. The van der Waals surface area contributed by atoms with Gasteiger partial charge in [0.2, 0.25) is 17.7 Å². The van der Waals surface area contributed by atoms with Crippen LogP contribution in [-0.2, 0) is 13.0 Å². The lowest BCUT2D eigenvalue weighted by Crippen LogP contribution is -2.08. The zero-order valence-corrected chi connectivity index (χ0v) is 18.7. The molecule has 3 aromatic heterocycles. The summed E-state index contributed by atoms with van der Waals surface area (Å²) in [6.45, 7) is 2.49. The summed E-state index contributed by atoms with van der Waals surface area (Å²) >= 11 is 0. The molecular weight excluding hydrogens is 451 g/mol. The number of hydrogen-bond donors (Lipinski definition) is 1. The predicted octanol–water partition coefficient (Wildman–Crippen LogP) is 5.80. The highest BCUT2D eigenvalue weighted by atomic mass is 19.1. The number of rotatable bonds is 5. The van der Waals surface area contributed by atoms with Gasteiger partial charge in [-0.25, -0.2) is 15.0 Å². The van der Waals surface area contributed by atoms with E-state index in [-0.39, 0.29) is 5.95 Å². The summed E-state index contributed by atoms with van der Waals surface area (Å²) in [7, 11) is 0. The minimum atomic E-state index is -0.891. The molecule has 1 aliphatic heterocycles. The molecule has 0 spiro atoms. The maximum Gasteiger partial charge on any atom is 0.306 e. The highest BCUT2D eigenvalue weighted by Gasteiger charge is 2.27. The summed E-state index contributed by atoms with van der Waals surface area (Å²) in [6, 6.07) is 10.3. The largest absolute Gasteiger partial charge is 0.443 e. The van der Waals surface area contributed by atoms with Gasteiger partial charge in [-0.15, -0.1) is 0 Å². The normalized spacial score (nSPS) is 12.7. The molecule has 0 aliphatic carbocycles. The van der Waals surface area contributed by atoms with Crippen LogP contribution in [-0.4, -0.2) is 24.4 Å². The van der Waals surface area contributed by atoms with E-state index in [9.17, 15) is 14.5 Å². The second-order valence-corrected chi connectivity index (χ2v) is 8.40. The molecule has 0 unspecified atom stereocenters. The van der Waals surface area contributed by atoms with Gasteiger partial charge in [0.15, 0.2) is 0 Å². The maximum atomic E-state index is 14.0. The van der Waals surface area contributed by atoms with Crippen LogP contribution in [0.15, 0.2) is 59.5 Å². The Morgan fingerprint density at radius 1 is 1.20 bits per heavy atom. The van der Waals surface area contributed by atoms with E-state index in [0.29, 0.717) is 22.8 Å². The monoisotopic (exact) mass is 470 g/mol. The molecule has 2 aromatic carbocycles. The first-order valence-electron chi connectivity index (χ1n) is 11.1. The van der Waals surface area contributed by atoms with Crippen LogP contribution in [0.4, 0.5) is 21.7 Å². The van der Waals surface area contributed by atoms with Crippen LogP contribution < -0.4 is 5.32 Å². The first-order chi connectivity index (χ1) is 17.0. The zero-order chi connectivity index (χ0) is 24.1. The van der Waals surface area contributed by atoms with Crippen LogP contribution in [0.2, 0.25) is 0 Å². The number of hydrogen-bond acceptors (Lipinski definition) is 7. The fourth-order valence-corrected chi connectivity index (χ4v) is 4.78. The van der Waals surface area contributed by atoms with E-state index in [2.05, 4.69) is 32.0 Å². The number of aromatic nitrogens is 4. The number of nitro groups is 1. The summed E-state index contributed by atoms with van der Waals surface area (Å²) in [6.07, 6.45) is 6.78. The molecule has 4 heterocycles. The van der Waals surface area contributed by atoms with Gasteiger partial charge >= 0.3 is 5.69 Å². The Morgan fingerprint density at radius 3 is 2.89 bits per heavy atom. The van der Waals surface area contributed by atoms with Gasteiger partial charge in [0.1, 0.15) is 12.0 Å².